The number of phenolic OH excluding ortho intramolecular Hbond substituents is 1. The maximum Gasteiger partial charge on any atom is 0.223 e. The van der Waals surface area contributed by atoms with E-state index in [1.165, 1.54) is 0 Å². The molecule has 2 bridgehead atoms. The third-order valence-corrected chi connectivity index (χ3v) is 8.68. The molecule has 3 fully saturated rings. The van der Waals surface area contributed by atoms with Crippen molar-refractivity contribution in [2.75, 3.05) is 0 Å². The number of hydrogen-bond acceptors (Lipinski definition) is 5. The van der Waals surface area contributed by atoms with Crippen molar-refractivity contribution in [3.8, 4) is 5.75 Å². The molecule has 10 heteroatoms. The Bertz CT molecular complexity index is 1060. The molecule has 0 unspecified atom stereocenters. The Morgan fingerprint density at radius 3 is 2.62 bits per heavy atom. The fourth-order valence-corrected chi connectivity index (χ4v) is 6.35. The van der Waals surface area contributed by atoms with E-state index in [0.29, 0.717) is 45.1 Å². The third kappa shape index (κ3) is 4.25. The second-order valence-corrected chi connectivity index (χ2v) is 10.8. The van der Waals surface area contributed by atoms with Crippen LogP contribution in [0.5, 0.6) is 5.75 Å². The van der Waals surface area contributed by atoms with Crippen molar-refractivity contribution >= 4 is 29.1 Å². The normalized spacial score (nSPS) is 30.7. The summed E-state index contributed by atoms with van der Waals surface area (Å²) in [5, 5.41) is 24.3. The van der Waals surface area contributed by atoms with Gasteiger partial charge >= 0.3 is 0 Å². The van der Waals surface area contributed by atoms with Gasteiger partial charge in [-0.15, -0.1) is 0 Å². The van der Waals surface area contributed by atoms with Crippen molar-refractivity contribution in [2.45, 2.75) is 69.2 Å². The lowest BCUT2D eigenvalue weighted by molar-refractivity contribution is -0.130. The van der Waals surface area contributed by atoms with E-state index >= 15 is 8.78 Å². The largest absolute Gasteiger partial charge is 0.505 e. The van der Waals surface area contributed by atoms with Crippen LogP contribution in [0, 0.1) is 17.2 Å². The number of halogens is 4. The average Bonchev–Trinajstić information content (AvgIpc) is 3.31. The Hall–Kier alpha value is -2.03. The molecule has 0 spiro atoms. The molecular weight excluding hydrogens is 485 g/mol. The molecule has 3 aliphatic rings. The van der Waals surface area contributed by atoms with Crippen molar-refractivity contribution in [1.29, 1.82) is 0 Å². The number of nitrogens with one attached hydrogen (secondary N) is 2. The summed E-state index contributed by atoms with van der Waals surface area (Å²) < 4.78 is 30.3. The summed E-state index contributed by atoms with van der Waals surface area (Å²) >= 11 is 12.5. The van der Waals surface area contributed by atoms with Crippen LogP contribution >= 0.6 is 23.2 Å². The molecule has 3 N–H and O–H groups in total. The molecule has 0 radical (unpaired) electrons. The van der Waals surface area contributed by atoms with Crippen molar-refractivity contribution in [3.63, 3.8) is 0 Å². The lowest BCUT2D eigenvalue weighted by Crippen LogP contribution is -2.50. The highest BCUT2D eigenvalue weighted by molar-refractivity contribution is 6.42. The van der Waals surface area contributed by atoms with Crippen LogP contribution in [0.4, 0.5) is 8.78 Å². The van der Waals surface area contributed by atoms with Crippen molar-refractivity contribution in [2.24, 2.45) is 11.3 Å². The third-order valence-electron chi connectivity index (χ3n) is 7.88. The zero-order chi connectivity index (χ0) is 24.1. The molecule has 2 aromatic rings. The van der Waals surface area contributed by atoms with E-state index in [2.05, 4.69) is 20.8 Å². The van der Waals surface area contributed by atoms with E-state index in [4.69, 9.17) is 23.2 Å². The van der Waals surface area contributed by atoms with Crippen molar-refractivity contribution in [3.05, 3.63) is 51.5 Å². The first kappa shape index (κ1) is 23.7. The van der Waals surface area contributed by atoms with Gasteiger partial charge in [-0.3, -0.25) is 4.79 Å². The number of alkyl halides is 1. The molecular formula is C24H26Cl2F2N4O2. The van der Waals surface area contributed by atoms with Crippen LogP contribution in [0.2, 0.25) is 10.0 Å². The molecule has 0 aliphatic heterocycles. The Balaban J connectivity index is 1.32. The number of carbonyl (C=O) groups is 1. The molecule has 1 heterocycles. The second kappa shape index (κ2) is 8.88. The number of benzene rings is 1. The molecule has 1 amide bonds. The number of fused-ring (bicyclic) bond motifs is 2. The fourth-order valence-electron chi connectivity index (χ4n) is 5.90. The van der Waals surface area contributed by atoms with Gasteiger partial charge in [-0.1, -0.05) is 23.2 Å². The predicted molar refractivity (Wildman–Crippen MR) is 124 cm³/mol. The van der Waals surface area contributed by atoms with E-state index in [-0.39, 0.29) is 39.9 Å². The van der Waals surface area contributed by atoms with Gasteiger partial charge in [0.1, 0.15) is 5.67 Å². The second-order valence-electron chi connectivity index (χ2n) is 10.0. The molecule has 182 valence electrons. The summed E-state index contributed by atoms with van der Waals surface area (Å²) in [6.07, 6.45) is 4.81. The average molecular weight is 511 g/mol. The van der Waals surface area contributed by atoms with Crippen LogP contribution in [-0.2, 0) is 11.3 Å². The SMILES string of the molecule is O=C(N[C@@H](c1c(F)c(O)cc(Cl)c1Cl)C12CCC(F)(CC1)C2)C1CC(NCc2cccnn2)C1. The maximum absolute atomic E-state index is 15.2. The van der Waals surface area contributed by atoms with E-state index in [0.717, 1.165) is 11.8 Å². The summed E-state index contributed by atoms with van der Waals surface area (Å²) in [5.74, 6) is -2.05. The Labute approximate surface area is 206 Å². The monoisotopic (exact) mass is 510 g/mol. The predicted octanol–water partition coefficient (Wildman–Crippen LogP) is 5.03. The van der Waals surface area contributed by atoms with E-state index in [9.17, 15) is 9.90 Å². The van der Waals surface area contributed by atoms with Crippen LogP contribution in [0.15, 0.2) is 24.4 Å². The molecule has 1 aromatic carbocycles. The number of nitrogens with zero attached hydrogens (tertiary/aromatic N) is 2. The number of amides is 1. The van der Waals surface area contributed by atoms with Gasteiger partial charge < -0.3 is 15.7 Å². The van der Waals surface area contributed by atoms with Gasteiger partial charge in [0.05, 0.1) is 21.8 Å². The number of carbonyl (C=O) groups excluding carboxylic acids is 1. The Kier molecular flexibility index (Phi) is 6.19. The van der Waals surface area contributed by atoms with Crippen LogP contribution in [0.3, 0.4) is 0 Å². The zero-order valence-corrected chi connectivity index (χ0v) is 20.0. The van der Waals surface area contributed by atoms with Gasteiger partial charge in [0.25, 0.3) is 0 Å². The first-order valence-electron chi connectivity index (χ1n) is 11.6. The summed E-state index contributed by atoms with van der Waals surface area (Å²) in [5.41, 5.74) is -1.21. The van der Waals surface area contributed by atoms with E-state index < -0.39 is 28.7 Å². The molecule has 1 aromatic heterocycles. The summed E-state index contributed by atoms with van der Waals surface area (Å²) in [6, 6.07) is 4.02. The highest BCUT2D eigenvalue weighted by Crippen LogP contribution is 2.64. The summed E-state index contributed by atoms with van der Waals surface area (Å²) in [7, 11) is 0. The smallest absolute Gasteiger partial charge is 0.223 e. The van der Waals surface area contributed by atoms with Crippen LogP contribution in [-0.4, -0.2) is 32.9 Å². The molecule has 0 saturated heterocycles. The minimum atomic E-state index is -1.31. The van der Waals surface area contributed by atoms with Crippen LogP contribution in [0.25, 0.3) is 0 Å². The van der Waals surface area contributed by atoms with Gasteiger partial charge in [-0.25, -0.2) is 8.78 Å². The molecule has 5 rings (SSSR count). The lowest BCUT2D eigenvalue weighted by Gasteiger charge is -2.40. The van der Waals surface area contributed by atoms with E-state index in [1.54, 1.807) is 6.20 Å². The number of aromatic hydroxyl groups is 1. The van der Waals surface area contributed by atoms with Crippen molar-refractivity contribution < 1.29 is 18.7 Å². The number of phenols is 1. The van der Waals surface area contributed by atoms with Gasteiger partial charge in [0.15, 0.2) is 11.6 Å². The molecule has 3 saturated carbocycles. The minimum Gasteiger partial charge on any atom is -0.505 e. The standard InChI is InChI=1S/C24H26Cl2F2N4O2/c25-16-10-17(33)20(27)18(19(16)26)21(23-3-5-24(28,12-23)6-4-23)31-22(34)13-8-15(9-13)29-11-14-2-1-7-30-32-14/h1-2,7,10,13,15,21,29,33H,3-6,8-9,11-12H2,(H,31,34)/t13?,15?,21-,23?,24?/m0/s1. The van der Waals surface area contributed by atoms with Crippen molar-refractivity contribution in [1.82, 2.24) is 20.8 Å². The number of rotatable bonds is 7. The van der Waals surface area contributed by atoms with Crippen LogP contribution in [0.1, 0.15) is 62.2 Å². The molecule has 1 atom stereocenters. The molecule has 3 aliphatic carbocycles. The topological polar surface area (TPSA) is 87.1 Å². The highest BCUT2D eigenvalue weighted by atomic mass is 35.5. The highest BCUT2D eigenvalue weighted by Gasteiger charge is 2.59. The Morgan fingerprint density at radius 2 is 2.00 bits per heavy atom. The van der Waals surface area contributed by atoms with E-state index in [1.807, 2.05) is 12.1 Å². The maximum atomic E-state index is 15.2. The van der Waals surface area contributed by atoms with Gasteiger partial charge in [0.2, 0.25) is 5.91 Å². The first-order valence-corrected chi connectivity index (χ1v) is 12.3. The molecule has 34 heavy (non-hydrogen) atoms. The Morgan fingerprint density at radius 1 is 1.26 bits per heavy atom. The first-order chi connectivity index (χ1) is 16.2. The quantitative estimate of drug-likeness (QED) is 0.455. The summed E-state index contributed by atoms with van der Waals surface area (Å²) in [6.45, 7) is 0.555. The summed E-state index contributed by atoms with van der Waals surface area (Å²) in [4.78, 5) is 13.2. The molecule has 6 nitrogen and oxygen atoms in total. The van der Waals surface area contributed by atoms with Gasteiger partial charge in [-0.05, 0) is 62.5 Å². The fraction of sp³-hybridized carbons (Fsp3) is 0.542. The van der Waals surface area contributed by atoms with Gasteiger partial charge in [0, 0.05) is 36.3 Å². The zero-order valence-electron chi connectivity index (χ0n) is 18.5. The lowest BCUT2D eigenvalue weighted by atomic mass is 9.73. The number of hydrogen-bond donors (Lipinski definition) is 3. The van der Waals surface area contributed by atoms with Gasteiger partial charge in [-0.2, -0.15) is 10.2 Å². The minimum absolute atomic E-state index is 0.00867. The van der Waals surface area contributed by atoms with Crippen LogP contribution < -0.4 is 10.6 Å². The number of aromatic nitrogens is 2.